The summed E-state index contributed by atoms with van der Waals surface area (Å²) in [6.45, 7) is 15.6. The molecule has 0 bridgehead atoms. The minimum absolute atomic E-state index is 0.0969. The Morgan fingerprint density at radius 3 is 2.45 bits per heavy atom. The number of fused-ring (bicyclic) bond motifs is 1. The molecule has 0 spiro atoms. The number of aliphatic imine (C=N–C) groups is 1. The van der Waals surface area contributed by atoms with E-state index in [2.05, 4.69) is 28.0 Å². The van der Waals surface area contributed by atoms with E-state index in [0.717, 1.165) is 37.2 Å². The summed E-state index contributed by atoms with van der Waals surface area (Å²) in [5, 5.41) is 3.06. The first-order valence-corrected chi connectivity index (χ1v) is 10.7. The first-order valence-electron chi connectivity index (χ1n) is 10.7. The standard InChI is InChI=1S/C24H34FN3O/c1-7-20(21-12-19(25)8-9-22(21)26-6)16-10-17-13-28(14-18(17)11-16)24(4,5)23(29)27-15(2)3/h7-9,12,15-18H,6,10-11,13-14H2,1-5H3,(H,27,29)/b20-7-/t16-,17-,18+. The van der Waals surface area contributed by atoms with E-state index >= 15 is 0 Å². The zero-order valence-corrected chi connectivity index (χ0v) is 18.3. The van der Waals surface area contributed by atoms with Crippen molar-refractivity contribution in [3.05, 3.63) is 35.7 Å². The van der Waals surface area contributed by atoms with Crippen molar-refractivity contribution in [3.63, 3.8) is 0 Å². The van der Waals surface area contributed by atoms with Gasteiger partial charge in [-0.25, -0.2) is 4.39 Å². The zero-order valence-electron chi connectivity index (χ0n) is 18.3. The number of halogens is 1. The Bertz CT molecular complexity index is 800. The van der Waals surface area contributed by atoms with Crippen molar-refractivity contribution in [2.75, 3.05) is 13.1 Å². The molecule has 2 fully saturated rings. The molecule has 3 atom stereocenters. The Morgan fingerprint density at radius 1 is 1.31 bits per heavy atom. The Labute approximate surface area is 174 Å². The quantitative estimate of drug-likeness (QED) is 0.697. The number of benzene rings is 1. The van der Waals surface area contributed by atoms with Crippen LogP contribution in [0.5, 0.6) is 0 Å². The van der Waals surface area contributed by atoms with Crippen LogP contribution in [0.4, 0.5) is 10.1 Å². The highest BCUT2D eigenvalue weighted by Gasteiger charge is 2.47. The largest absolute Gasteiger partial charge is 0.352 e. The van der Waals surface area contributed by atoms with E-state index in [-0.39, 0.29) is 17.8 Å². The fraction of sp³-hybridized carbons (Fsp3) is 0.583. The fourth-order valence-electron chi connectivity index (χ4n) is 5.08. The third kappa shape index (κ3) is 4.30. The van der Waals surface area contributed by atoms with Crippen LogP contribution in [0.1, 0.15) is 53.0 Å². The molecule has 2 aliphatic rings. The van der Waals surface area contributed by atoms with Gasteiger partial charge in [-0.1, -0.05) is 6.08 Å². The van der Waals surface area contributed by atoms with Crippen LogP contribution in [0.3, 0.4) is 0 Å². The maximum Gasteiger partial charge on any atom is 0.240 e. The summed E-state index contributed by atoms with van der Waals surface area (Å²) in [6.07, 6.45) is 4.23. The lowest BCUT2D eigenvalue weighted by atomic mass is 9.88. The summed E-state index contributed by atoms with van der Waals surface area (Å²) < 4.78 is 13.9. The number of carbonyl (C=O) groups excluding carboxylic acids is 1. The highest BCUT2D eigenvalue weighted by Crippen LogP contribution is 2.49. The highest BCUT2D eigenvalue weighted by molar-refractivity contribution is 5.85. The molecule has 158 valence electrons. The van der Waals surface area contributed by atoms with Crippen molar-refractivity contribution in [2.45, 2.75) is 59.0 Å². The zero-order chi connectivity index (χ0) is 21.3. The molecule has 1 saturated heterocycles. The number of rotatable bonds is 6. The summed E-state index contributed by atoms with van der Waals surface area (Å²) >= 11 is 0. The van der Waals surface area contributed by atoms with Gasteiger partial charge < -0.3 is 5.32 Å². The minimum atomic E-state index is -0.504. The summed E-state index contributed by atoms with van der Waals surface area (Å²) in [5.74, 6) is 1.38. The lowest BCUT2D eigenvalue weighted by Crippen LogP contribution is -2.55. The monoisotopic (exact) mass is 399 g/mol. The van der Waals surface area contributed by atoms with Crippen molar-refractivity contribution in [1.29, 1.82) is 0 Å². The first kappa shape index (κ1) is 21.7. The Balaban J connectivity index is 1.72. The fourth-order valence-corrected chi connectivity index (χ4v) is 5.08. The Morgan fingerprint density at radius 2 is 1.93 bits per heavy atom. The number of amides is 1. The second kappa shape index (κ2) is 8.39. The normalized spacial score (nSPS) is 25.3. The first-order chi connectivity index (χ1) is 13.7. The van der Waals surface area contributed by atoms with E-state index in [9.17, 15) is 9.18 Å². The van der Waals surface area contributed by atoms with E-state index in [4.69, 9.17) is 0 Å². The van der Waals surface area contributed by atoms with E-state index in [1.807, 2.05) is 34.6 Å². The van der Waals surface area contributed by atoms with Crippen molar-refractivity contribution >= 4 is 23.9 Å². The van der Waals surface area contributed by atoms with Crippen molar-refractivity contribution in [1.82, 2.24) is 10.2 Å². The molecule has 1 aromatic carbocycles. The topological polar surface area (TPSA) is 44.7 Å². The summed E-state index contributed by atoms with van der Waals surface area (Å²) in [6, 6.07) is 4.87. The number of likely N-dealkylation sites (tertiary alicyclic amines) is 1. The molecule has 1 heterocycles. The van der Waals surface area contributed by atoms with E-state index in [1.165, 1.54) is 11.6 Å². The average Bonchev–Trinajstić information content (AvgIpc) is 3.21. The van der Waals surface area contributed by atoms with E-state index in [1.54, 1.807) is 12.1 Å². The lowest BCUT2D eigenvalue weighted by Gasteiger charge is -2.35. The Hall–Kier alpha value is -2.01. The highest BCUT2D eigenvalue weighted by atomic mass is 19.1. The van der Waals surface area contributed by atoms with Gasteiger partial charge in [-0.3, -0.25) is 14.7 Å². The molecule has 0 unspecified atom stereocenters. The van der Waals surface area contributed by atoms with E-state index < -0.39 is 5.54 Å². The van der Waals surface area contributed by atoms with Crippen LogP contribution in [0, 0.1) is 23.6 Å². The SMILES string of the molecule is C=Nc1ccc(F)cc1/C(=C\C)[C@@H]1C[C@@H]2CN(C(C)(C)C(=O)NC(C)C)C[C@@H]2C1. The third-order valence-corrected chi connectivity index (χ3v) is 6.71. The van der Waals surface area contributed by atoms with Crippen LogP contribution in [-0.2, 0) is 4.79 Å². The van der Waals surface area contributed by atoms with Crippen LogP contribution in [0.15, 0.2) is 29.3 Å². The Kier molecular flexibility index (Phi) is 6.27. The molecule has 29 heavy (non-hydrogen) atoms. The molecule has 4 nitrogen and oxygen atoms in total. The number of hydrogen-bond acceptors (Lipinski definition) is 3. The molecule has 1 aliphatic carbocycles. The molecule has 1 amide bonds. The predicted molar refractivity (Wildman–Crippen MR) is 118 cm³/mol. The molecule has 1 saturated carbocycles. The van der Waals surface area contributed by atoms with Crippen molar-refractivity contribution in [3.8, 4) is 0 Å². The minimum Gasteiger partial charge on any atom is -0.352 e. The molecule has 5 heteroatoms. The molecule has 0 radical (unpaired) electrons. The van der Waals surface area contributed by atoms with Gasteiger partial charge in [-0.2, -0.15) is 0 Å². The molecular formula is C24H34FN3O. The van der Waals surface area contributed by atoms with Gasteiger partial charge in [0.05, 0.1) is 11.2 Å². The van der Waals surface area contributed by atoms with Gasteiger partial charge in [-0.05, 0) is 95.7 Å². The molecule has 3 rings (SSSR count). The van der Waals surface area contributed by atoms with Crippen molar-refractivity contribution < 1.29 is 9.18 Å². The van der Waals surface area contributed by atoms with Gasteiger partial charge in [0.15, 0.2) is 0 Å². The number of nitrogens with zero attached hydrogens (tertiary/aromatic N) is 2. The summed E-state index contributed by atoms with van der Waals surface area (Å²) in [5.41, 5.74) is 2.27. The van der Waals surface area contributed by atoms with Gasteiger partial charge in [0.25, 0.3) is 0 Å². The third-order valence-electron chi connectivity index (χ3n) is 6.71. The molecular weight excluding hydrogens is 365 g/mol. The maximum absolute atomic E-state index is 13.9. The lowest BCUT2D eigenvalue weighted by molar-refractivity contribution is -0.131. The van der Waals surface area contributed by atoms with Gasteiger partial charge in [0.1, 0.15) is 5.82 Å². The van der Waals surface area contributed by atoms with Gasteiger partial charge in [0.2, 0.25) is 5.91 Å². The average molecular weight is 400 g/mol. The van der Waals surface area contributed by atoms with Crippen LogP contribution in [0.2, 0.25) is 0 Å². The van der Waals surface area contributed by atoms with Gasteiger partial charge in [0, 0.05) is 24.7 Å². The number of nitrogens with one attached hydrogen (secondary N) is 1. The smallest absolute Gasteiger partial charge is 0.240 e. The van der Waals surface area contributed by atoms with Crippen LogP contribution >= 0.6 is 0 Å². The van der Waals surface area contributed by atoms with Crippen LogP contribution in [-0.4, -0.2) is 42.2 Å². The van der Waals surface area contributed by atoms with Crippen molar-refractivity contribution in [2.24, 2.45) is 22.7 Å². The predicted octanol–water partition coefficient (Wildman–Crippen LogP) is 4.82. The summed E-state index contributed by atoms with van der Waals surface area (Å²) in [4.78, 5) is 19.1. The van der Waals surface area contributed by atoms with Crippen LogP contribution < -0.4 is 5.32 Å². The second-order valence-corrected chi connectivity index (χ2v) is 9.34. The van der Waals surface area contributed by atoms with Crippen LogP contribution in [0.25, 0.3) is 5.57 Å². The number of hydrogen-bond donors (Lipinski definition) is 1. The number of allylic oxidation sites excluding steroid dienone is 2. The molecule has 1 aromatic rings. The maximum atomic E-state index is 13.9. The summed E-state index contributed by atoms with van der Waals surface area (Å²) in [7, 11) is 0. The van der Waals surface area contributed by atoms with Gasteiger partial charge >= 0.3 is 0 Å². The molecule has 1 N–H and O–H groups in total. The molecule has 1 aliphatic heterocycles. The number of carbonyl (C=O) groups is 1. The molecule has 0 aromatic heterocycles. The van der Waals surface area contributed by atoms with E-state index in [0.29, 0.717) is 17.8 Å². The van der Waals surface area contributed by atoms with Gasteiger partial charge in [-0.15, -0.1) is 0 Å². The second-order valence-electron chi connectivity index (χ2n) is 9.34.